The second-order valence-electron chi connectivity index (χ2n) is 1.87. The van der Waals surface area contributed by atoms with E-state index in [2.05, 4.69) is 25.1 Å². The molecular formula is C8H13N. The Labute approximate surface area is 57.2 Å². The van der Waals surface area contributed by atoms with E-state index in [0.717, 1.165) is 6.54 Å². The van der Waals surface area contributed by atoms with E-state index in [9.17, 15) is 0 Å². The molecule has 1 N–H and O–H groups in total. The lowest BCUT2D eigenvalue weighted by Crippen LogP contribution is -2.22. The van der Waals surface area contributed by atoms with Crippen molar-refractivity contribution < 1.29 is 0 Å². The van der Waals surface area contributed by atoms with Gasteiger partial charge in [-0.3, -0.25) is 0 Å². The maximum atomic E-state index is 5.01. The van der Waals surface area contributed by atoms with Crippen molar-refractivity contribution in [3.05, 3.63) is 12.2 Å². The van der Waals surface area contributed by atoms with Gasteiger partial charge in [-0.1, -0.05) is 18.9 Å². The number of nitrogens with one attached hydrogen (secondary N) is 1. The third kappa shape index (κ3) is 5.13. The lowest BCUT2D eigenvalue weighted by molar-refractivity contribution is 0.661. The minimum absolute atomic E-state index is 0.394. The van der Waals surface area contributed by atoms with Crippen LogP contribution in [0.5, 0.6) is 0 Å². The molecule has 1 atom stereocenters. The summed E-state index contributed by atoms with van der Waals surface area (Å²) in [5, 5.41) is 3.20. The molecule has 0 aromatic carbocycles. The van der Waals surface area contributed by atoms with Gasteiger partial charge in [-0.2, -0.15) is 0 Å². The van der Waals surface area contributed by atoms with Gasteiger partial charge in [0, 0.05) is 6.04 Å². The molecule has 0 bridgehead atoms. The first-order valence-corrected chi connectivity index (χ1v) is 3.17. The fourth-order valence-electron chi connectivity index (χ4n) is 0.590. The molecule has 0 aliphatic carbocycles. The van der Waals surface area contributed by atoms with Gasteiger partial charge in [0.1, 0.15) is 0 Å². The summed E-state index contributed by atoms with van der Waals surface area (Å²) in [4.78, 5) is 0. The van der Waals surface area contributed by atoms with Crippen LogP contribution in [-0.2, 0) is 0 Å². The van der Waals surface area contributed by atoms with Crippen LogP contribution >= 0.6 is 0 Å². The molecule has 0 spiro atoms. The van der Waals surface area contributed by atoms with Crippen LogP contribution in [0.2, 0.25) is 0 Å². The summed E-state index contributed by atoms with van der Waals surface area (Å²) in [7, 11) is 0. The largest absolute Gasteiger partial charge is 0.311 e. The van der Waals surface area contributed by atoms with E-state index in [1.54, 1.807) is 6.08 Å². The molecule has 0 aliphatic heterocycles. The topological polar surface area (TPSA) is 12.0 Å². The number of terminal acetylenes is 1. The zero-order valence-electron chi connectivity index (χ0n) is 6.02. The summed E-state index contributed by atoms with van der Waals surface area (Å²) in [6.07, 6.45) is 8.69. The summed E-state index contributed by atoms with van der Waals surface area (Å²) < 4.78 is 0. The Hall–Kier alpha value is -0.740. The van der Waals surface area contributed by atoms with E-state index in [0.29, 0.717) is 6.04 Å². The number of rotatable bonds is 3. The Kier molecular flexibility index (Phi) is 4.95. The monoisotopic (exact) mass is 123 g/mol. The zero-order chi connectivity index (χ0) is 7.11. The van der Waals surface area contributed by atoms with Crippen molar-refractivity contribution in [1.29, 1.82) is 0 Å². The van der Waals surface area contributed by atoms with Crippen molar-refractivity contribution in [2.24, 2.45) is 0 Å². The second kappa shape index (κ2) is 5.40. The Morgan fingerprint density at radius 2 is 2.44 bits per heavy atom. The van der Waals surface area contributed by atoms with E-state index in [4.69, 9.17) is 6.42 Å². The van der Waals surface area contributed by atoms with Gasteiger partial charge in [-0.15, -0.1) is 6.42 Å². The van der Waals surface area contributed by atoms with Gasteiger partial charge in [0.05, 0.1) is 0 Å². The van der Waals surface area contributed by atoms with Crippen molar-refractivity contribution in [2.75, 3.05) is 6.54 Å². The average molecular weight is 123 g/mol. The molecule has 0 fully saturated rings. The van der Waals surface area contributed by atoms with Crippen LogP contribution < -0.4 is 5.32 Å². The standard InChI is InChI=1S/C8H13N/c1-4-6-7-8(3)9-5-2/h1,6-9H,5H2,2-3H3. The Morgan fingerprint density at radius 3 is 2.89 bits per heavy atom. The van der Waals surface area contributed by atoms with Gasteiger partial charge >= 0.3 is 0 Å². The van der Waals surface area contributed by atoms with E-state index in [1.807, 2.05) is 6.08 Å². The molecule has 0 aromatic rings. The highest BCUT2D eigenvalue weighted by atomic mass is 14.9. The van der Waals surface area contributed by atoms with Gasteiger partial charge in [-0.05, 0) is 19.5 Å². The molecule has 0 heterocycles. The molecule has 1 nitrogen and oxygen atoms in total. The lowest BCUT2D eigenvalue weighted by Gasteiger charge is -2.03. The molecule has 0 radical (unpaired) electrons. The van der Waals surface area contributed by atoms with Crippen LogP contribution in [0.4, 0.5) is 0 Å². The lowest BCUT2D eigenvalue weighted by atomic mass is 10.3. The number of hydrogen-bond acceptors (Lipinski definition) is 1. The van der Waals surface area contributed by atoms with Crippen molar-refractivity contribution >= 4 is 0 Å². The average Bonchev–Trinajstić information content (AvgIpc) is 1.85. The highest BCUT2D eigenvalue weighted by Gasteiger charge is 1.88. The van der Waals surface area contributed by atoms with Crippen LogP contribution in [0.25, 0.3) is 0 Å². The van der Waals surface area contributed by atoms with Gasteiger partial charge in [-0.25, -0.2) is 0 Å². The minimum Gasteiger partial charge on any atom is -0.311 e. The molecule has 50 valence electrons. The predicted octanol–water partition coefficient (Wildman–Crippen LogP) is 1.17. The first-order chi connectivity index (χ1) is 4.31. The van der Waals surface area contributed by atoms with Crippen molar-refractivity contribution in [3.8, 4) is 12.3 Å². The molecule has 9 heavy (non-hydrogen) atoms. The van der Waals surface area contributed by atoms with Gasteiger partial charge in [0.2, 0.25) is 0 Å². The predicted molar refractivity (Wildman–Crippen MR) is 41.1 cm³/mol. The smallest absolute Gasteiger partial charge is 0.0230 e. The fraction of sp³-hybridized carbons (Fsp3) is 0.500. The van der Waals surface area contributed by atoms with Gasteiger partial charge in [0.25, 0.3) is 0 Å². The van der Waals surface area contributed by atoms with Crippen molar-refractivity contribution in [3.63, 3.8) is 0 Å². The van der Waals surface area contributed by atoms with Crippen LogP contribution in [0.1, 0.15) is 13.8 Å². The summed E-state index contributed by atoms with van der Waals surface area (Å²) in [5.41, 5.74) is 0. The minimum atomic E-state index is 0.394. The highest BCUT2D eigenvalue weighted by Crippen LogP contribution is 1.81. The summed E-state index contributed by atoms with van der Waals surface area (Å²) in [5.74, 6) is 2.44. The number of likely N-dealkylation sites (N-methyl/N-ethyl adjacent to an activating group) is 1. The molecular weight excluding hydrogens is 110 g/mol. The van der Waals surface area contributed by atoms with Gasteiger partial charge < -0.3 is 5.32 Å². The van der Waals surface area contributed by atoms with E-state index >= 15 is 0 Å². The SMILES string of the molecule is C#CC=CC(C)NCC. The van der Waals surface area contributed by atoms with Crippen LogP contribution in [0.3, 0.4) is 0 Å². The number of hydrogen-bond donors (Lipinski definition) is 1. The molecule has 1 heteroatoms. The first-order valence-electron chi connectivity index (χ1n) is 3.17. The molecule has 0 amide bonds. The zero-order valence-corrected chi connectivity index (χ0v) is 6.02. The van der Waals surface area contributed by atoms with Crippen LogP contribution in [-0.4, -0.2) is 12.6 Å². The Bertz CT molecular complexity index is 119. The summed E-state index contributed by atoms with van der Waals surface area (Å²) in [6.45, 7) is 5.12. The van der Waals surface area contributed by atoms with Gasteiger partial charge in [0.15, 0.2) is 0 Å². The van der Waals surface area contributed by atoms with E-state index < -0.39 is 0 Å². The van der Waals surface area contributed by atoms with E-state index in [-0.39, 0.29) is 0 Å². The summed E-state index contributed by atoms with van der Waals surface area (Å²) in [6, 6.07) is 0.394. The second-order valence-corrected chi connectivity index (χ2v) is 1.87. The quantitative estimate of drug-likeness (QED) is 0.555. The van der Waals surface area contributed by atoms with Crippen molar-refractivity contribution in [1.82, 2.24) is 5.32 Å². The first kappa shape index (κ1) is 8.26. The van der Waals surface area contributed by atoms with E-state index in [1.165, 1.54) is 0 Å². The maximum absolute atomic E-state index is 5.01. The maximum Gasteiger partial charge on any atom is 0.0230 e. The molecule has 1 unspecified atom stereocenters. The molecule has 0 saturated heterocycles. The number of allylic oxidation sites excluding steroid dienone is 1. The summed E-state index contributed by atoms with van der Waals surface area (Å²) >= 11 is 0. The van der Waals surface area contributed by atoms with Crippen LogP contribution in [0, 0.1) is 12.3 Å². The molecule has 0 aromatic heterocycles. The molecule has 0 rings (SSSR count). The van der Waals surface area contributed by atoms with Crippen LogP contribution in [0.15, 0.2) is 12.2 Å². The third-order valence-electron chi connectivity index (χ3n) is 1.01. The van der Waals surface area contributed by atoms with Crippen molar-refractivity contribution in [2.45, 2.75) is 19.9 Å². The normalized spacial score (nSPS) is 13.4. The third-order valence-corrected chi connectivity index (χ3v) is 1.01. The highest BCUT2D eigenvalue weighted by molar-refractivity contribution is 5.10. The Balaban J connectivity index is 3.39. The fourth-order valence-corrected chi connectivity index (χ4v) is 0.590. The molecule has 0 saturated carbocycles. The molecule has 0 aliphatic rings. The Morgan fingerprint density at radius 1 is 1.78 bits per heavy atom.